The number of benzene rings is 1. The fourth-order valence-corrected chi connectivity index (χ4v) is 3.68. The van der Waals surface area contributed by atoms with E-state index in [2.05, 4.69) is 29.2 Å². The summed E-state index contributed by atoms with van der Waals surface area (Å²) in [5.41, 5.74) is 7.23. The van der Waals surface area contributed by atoms with E-state index in [9.17, 15) is 4.79 Å². The van der Waals surface area contributed by atoms with E-state index in [0.717, 1.165) is 29.7 Å². The number of piperidine rings is 1. The van der Waals surface area contributed by atoms with Crippen LogP contribution in [-0.2, 0) is 0 Å². The van der Waals surface area contributed by atoms with Crippen LogP contribution in [0.3, 0.4) is 0 Å². The second kappa shape index (κ2) is 5.61. The quantitative estimate of drug-likeness (QED) is 0.889. The molecule has 2 aromatic rings. The number of likely N-dealkylation sites (tertiary alicyclic amines) is 1. The van der Waals surface area contributed by atoms with E-state index in [0.29, 0.717) is 16.6 Å². The number of carbonyl (C=O) groups excluding carboxylic acids is 1. The van der Waals surface area contributed by atoms with Crippen LogP contribution in [0.15, 0.2) is 18.2 Å². The van der Waals surface area contributed by atoms with Crippen molar-refractivity contribution >= 4 is 32.6 Å². The van der Waals surface area contributed by atoms with Crippen LogP contribution in [0.1, 0.15) is 23.7 Å². The van der Waals surface area contributed by atoms with Crippen LogP contribution in [0.5, 0.6) is 0 Å². The number of rotatable bonds is 2. The van der Waals surface area contributed by atoms with Crippen LogP contribution in [-0.4, -0.2) is 42.0 Å². The molecule has 2 unspecified atom stereocenters. The molecule has 0 aliphatic carbocycles. The number of nitrogen functional groups attached to an aromatic ring is 1. The molecule has 112 valence electrons. The van der Waals surface area contributed by atoms with Crippen LogP contribution in [0.2, 0.25) is 0 Å². The zero-order valence-electron chi connectivity index (χ0n) is 12.3. The van der Waals surface area contributed by atoms with Crippen molar-refractivity contribution in [1.29, 1.82) is 0 Å². The fraction of sp³-hybridized carbons (Fsp3) is 0.467. The van der Waals surface area contributed by atoms with Crippen molar-refractivity contribution in [3.05, 3.63) is 23.8 Å². The molecule has 5 nitrogen and oxygen atoms in total. The van der Waals surface area contributed by atoms with Gasteiger partial charge in [0.25, 0.3) is 5.91 Å². The van der Waals surface area contributed by atoms with Gasteiger partial charge < -0.3 is 16.0 Å². The van der Waals surface area contributed by atoms with Gasteiger partial charge in [0.2, 0.25) is 0 Å². The minimum absolute atomic E-state index is 0.00901. The summed E-state index contributed by atoms with van der Waals surface area (Å²) in [7, 11) is 2.12. The number of nitrogens with one attached hydrogen (secondary N) is 1. The number of carbonyl (C=O) groups is 1. The Balaban J connectivity index is 1.74. The fourth-order valence-electron chi connectivity index (χ4n) is 2.90. The SMILES string of the molecule is CC1CN(C)CCC1NC(=O)c1ccc2nc(N)sc2c1. The Kier molecular flexibility index (Phi) is 3.82. The maximum absolute atomic E-state index is 12.4. The lowest BCUT2D eigenvalue weighted by atomic mass is 9.94. The third kappa shape index (κ3) is 3.01. The zero-order chi connectivity index (χ0) is 15.0. The van der Waals surface area contributed by atoms with E-state index in [4.69, 9.17) is 5.73 Å². The Labute approximate surface area is 128 Å². The number of nitrogens with zero attached hydrogens (tertiary/aromatic N) is 2. The number of nitrogens with two attached hydrogens (primary N) is 1. The smallest absolute Gasteiger partial charge is 0.251 e. The first-order chi connectivity index (χ1) is 10.0. The average Bonchev–Trinajstić information content (AvgIpc) is 2.80. The van der Waals surface area contributed by atoms with Crippen LogP contribution in [0.25, 0.3) is 10.2 Å². The van der Waals surface area contributed by atoms with E-state index < -0.39 is 0 Å². The number of fused-ring (bicyclic) bond motifs is 1. The Bertz CT molecular complexity index is 669. The highest BCUT2D eigenvalue weighted by atomic mass is 32.1. The van der Waals surface area contributed by atoms with Gasteiger partial charge >= 0.3 is 0 Å². The van der Waals surface area contributed by atoms with Gasteiger partial charge in [-0.1, -0.05) is 18.3 Å². The molecular weight excluding hydrogens is 284 g/mol. The van der Waals surface area contributed by atoms with Crippen LogP contribution in [0.4, 0.5) is 5.13 Å². The monoisotopic (exact) mass is 304 g/mol. The van der Waals surface area contributed by atoms with Crippen LogP contribution >= 0.6 is 11.3 Å². The van der Waals surface area contributed by atoms with Crippen LogP contribution < -0.4 is 11.1 Å². The van der Waals surface area contributed by atoms with E-state index in [1.165, 1.54) is 11.3 Å². The van der Waals surface area contributed by atoms with Crippen molar-refractivity contribution in [1.82, 2.24) is 15.2 Å². The molecule has 1 aromatic carbocycles. The van der Waals surface area contributed by atoms with Gasteiger partial charge in [0.15, 0.2) is 5.13 Å². The van der Waals surface area contributed by atoms with E-state index in [1.54, 1.807) is 0 Å². The first kappa shape index (κ1) is 14.3. The van der Waals surface area contributed by atoms with Crippen molar-refractivity contribution in [2.75, 3.05) is 25.9 Å². The van der Waals surface area contributed by atoms with Crippen molar-refractivity contribution in [3.8, 4) is 0 Å². The number of amides is 1. The number of aromatic nitrogens is 1. The van der Waals surface area contributed by atoms with E-state index in [-0.39, 0.29) is 11.9 Å². The molecule has 2 heterocycles. The largest absolute Gasteiger partial charge is 0.375 e. The molecule has 0 saturated carbocycles. The number of hydrogen-bond acceptors (Lipinski definition) is 5. The molecule has 2 atom stereocenters. The first-order valence-electron chi connectivity index (χ1n) is 7.18. The molecule has 21 heavy (non-hydrogen) atoms. The average molecular weight is 304 g/mol. The third-order valence-electron chi connectivity index (χ3n) is 4.09. The molecule has 1 aromatic heterocycles. The predicted molar refractivity (Wildman–Crippen MR) is 86.6 cm³/mol. The highest BCUT2D eigenvalue weighted by Crippen LogP contribution is 2.25. The van der Waals surface area contributed by atoms with Crippen molar-refractivity contribution in [2.45, 2.75) is 19.4 Å². The number of thiazole rings is 1. The van der Waals surface area contributed by atoms with Gasteiger partial charge in [-0.15, -0.1) is 0 Å². The Morgan fingerprint density at radius 2 is 2.33 bits per heavy atom. The van der Waals surface area contributed by atoms with E-state index in [1.807, 2.05) is 18.2 Å². The zero-order valence-corrected chi connectivity index (χ0v) is 13.1. The number of hydrogen-bond donors (Lipinski definition) is 2. The molecule has 1 aliphatic heterocycles. The maximum atomic E-state index is 12.4. The molecule has 1 fully saturated rings. The van der Waals surface area contributed by atoms with Crippen LogP contribution in [0, 0.1) is 5.92 Å². The third-order valence-corrected chi connectivity index (χ3v) is 4.94. The summed E-state index contributed by atoms with van der Waals surface area (Å²) in [4.78, 5) is 18.9. The molecule has 0 spiro atoms. The highest BCUT2D eigenvalue weighted by molar-refractivity contribution is 7.22. The lowest BCUT2D eigenvalue weighted by molar-refractivity contribution is 0.0884. The Morgan fingerprint density at radius 1 is 1.52 bits per heavy atom. The topological polar surface area (TPSA) is 71.2 Å². The minimum Gasteiger partial charge on any atom is -0.375 e. The van der Waals surface area contributed by atoms with Crippen molar-refractivity contribution < 1.29 is 4.79 Å². The molecule has 3 N–H and O–H groups in total. The predicted octanol–water partition coefficient (Wildman–Crippen LogP) is 1.95. The van der Waals surface area contributed by atoms with Gasteiger partial charge in [-0.3, -0.25) is 4.79 Å². The van der Waals surface area contributed by atoms with Gasteiger partial charge in [0.05, 0.1) is 10.2 Å². The van der Waals surface area contributed by atoms with Crippen molar-refractivity contribution in [2.24, 2.45) is 5.92 Å². The summed E-state index contributed by atoms with van der Waals surface area (Å²) in [5, 5.41) is 3.70. The molecule has 6 heteroatoms. The Hall–Kier alpha value is -1.66. The lowest BCUT2D eigenvalue weighted by Gasteiger charge is -2.35. The van der Waals surface area contributed by atoms with Crippen molar-refractivity contribution in [3.63, 3.8) is 0 Å². The molecule has 1 aliphatic rings. The summed E-state index contributed by atoms with van der Waals surface area (Å²) < 4.78 is 0.955. The summed E-state index contributed by atoms with van der Waals surface area (Å²) in [6.07, 6.45) is 0.999. The van der Waals surface area contributed by atoms with Gasteiger partial charge in [-0.25, -0.2) is 4.98 Å². The summed E-state index contributed by atoms with van der Waals surface area (Å²) in [5.74, 6) is 0.459. The molecule has 0 bridgehead atoms. The second-order valence-corrected chi connectivity index (χ2v) is 6.90. The standard InChI is InChI=1S/C15H20N4OS/c1-9-8-19(2)6-5-11(9)17-14(20)10-3-4-12-13(7-10)21-15(16)18-12/h3-4,7,9,11H,5-6,8H2,1-2H3,(H2,16,18)(H,17,20). The second-order valence-electron chi connectivity index (χ2n) is 5.84. The highest BCUT2D eigenvalue weighted by Gasteiger charge is 2.25. The van der Waals surface area contributed by atoms with E-state index >= 15 is 0 Å². The summed E-state index contributed by atoms with van der Waals surface area (Å²) >= 11 is 1.41. The molecule has 1 saturated heterocycles. The first-order valence-corrected chi connectivity index (χ1v) is 8.00. The minimum atomic E-state index is -0.00901. The molecule has 1 amide bonds. The van der Waals surface area contributed by atoms with Gasteiger partial charge in [-0.05, 0) is 44.1 Å². The van der Waals surface area contributed by atoms with Gasteiger partial charge in [0, 0.05) is 18.2 Å². The molecule has 0 radical (unpaired) electrons. The number of anilines is 1. The lowest BCUT2D eigenvalue weighted by Crippen LogP contribution is -2.48. The molecule has 3 rings (SSSR count). The summed E-state index contributed by atoms with van der Waals surface area (Å²) in [6.45, 7) is 4.24. The Morgan fingerprint density at radius 3 is 3.10 bits per heavy atom. The van der Waals surface area contributed by atoms with Gasteiger partial charge in [-0.2, -0.15) is 0 Å². The molecular formula is C15H20N4OS. The van der Waals surface area contributed by atoms with Gasteiger partial charge in [0.1, 0.15) is 0 Å². The summed E-state index contributed by atoms with van der Waals surface area (Å²) in [6, 6.07) is 5.79. The normalized spacial score (nSPS) is 23.3. The maximum Gasteiger partial charge on any atom is 0.251 e.